The third-order valence-corrected chi connectivity index (χ3v) is 25.6. The number of fused-ring (bicyclic) bond motifs is 8. The molecule has 116 heavy (non-hydrogen) atoms. The fraction of sp³-hybridized carbons (Fsp3) is 0.400. The van der Waals surface area contributed by atoms with Crippen molar-refractivity contribution < 1.29 is 77.7 Å². The molecule has 0 saturated carbocycles. The molecule has 0 fully saturated rings. The molecule has 632 valence electrons. The summed E-state index contributed by atoms with van der Waals surface area (Å²) in [6.07, 6.45) is 16.9. The van der Waals surface area contributed by atoms with Gasteiger partial charge >= 0.3 is 23.9 Å². The van der Waals surface area contributed by atoms with Crippen LogP contribution >= 0.6 is 144 Å². The number of esters is 4. The number of carbonyl (C=O) groups is 8. The Labute approximate surface area is 737 Å². The van der Waals surface area contributed by atoms with Crippen LogP contribution < -0.4 is 0 Å². The number of Topliss-reactive ketones (excluding diaryl/α,β-unsaturated/α-hetero) is 4. The second-order valence-electron chi connectivity index (χ2n) is 23.7. The van der Waals surface area contributed by atoms with Gasteiger partial charge < -0.3 is 39.4 Å². The summed E-state index contributed by atoms with van der Waals surface area (Å²) >= 11 is 12.2. The third kappa shape index (κ3) is 30.1. The van der Waals surface area contributed by atoms with Gasteiger partial charge in [0.25, 0.3) is 0 Å². The fourth-order valence-corrected chi connectivity index (χ4v) is 19.3. The van der Waals surface area contributed by atoms with Crippen LogP contribution in [-0.2, 0) is 84.1 Å². The van der Waals surface area contributed by atoms with Gasteiger partial charge in [-0.25, -0.2) is 0 Å². The number of hydrogen-bond acceptors (Lipinski definition) is 32. The third-order valence-electron chi connectivity index (χ3n) is 16.6. The Morgan fingerprint density at radius 2 is 0.741 bits per heavy atom. The van der Waals surface area contributed by atoms with Gasteiger partial charge in [-0.05, 0) is 121 Å². The number of ketones is 4. The summed E-state index contributed by atoms with van der Waals surface area (Å²) < 4.78 is 19.7. The van der Waals surface area contributed by atoms with Crippen LogP contribution in [0, 0.1) is 0 Å². The van der Waals surface area contributed by atoms with Crippen molar-refractivity contribution in [1.29, 1.82) is 0 Å². The Hall–Kier alpha value is -6.44. The molecule has 24 nitrogen and oxygen atoms in total. The highest BCUT2D eigenvalue weighted by atomic mass is 35.5. The van der Waals surface area contributed by atoms with Crippen molar-refractivity contribution >= 4 is 191 Å². The van der Waals surface area contributed by atoms with Crippen molar-refractivity contribution in [3.8, 4) is 0 Å². The van der Waals surface area contributed by atoms with E-state index in [0.717, 1.165) is 101 Å². The maximum absolute atomic E-state index is 11.6. The topological polar surface area (TPSA) is 358 Å². The van der Waals surface area contributed by atoms with Gasteiger partial charge in [0, 0.05) is 148 Å². The van der Waals surface area contributed by atoms with E-state index in [1.165, 1.54) is 47.0 Å². The lowest BCUT2D eigenvalue weighted by Crippen LogP contribution is -2.31. The number of nitrogens with zero attached hydrogens (tertiary/aromatic N) is 8. The van der Waals surface area contributed by atoms with Gasteiger partial charge in [-0.1, -0.05) is 47.9 Å². The number of carbonyl (C=O) groups excluding carboxylic acids is 8. The minimum absolute atomic E-state index is 0. The molecule has 8 aliphatic heterocycles. The van der Waals surface area contributed by atoms with E-state index in [9.17, 15) is 58.8 Å². The molecule has 16 rings (SSSR count). The van der Waals surface area contributed by atoms with Crippen molar-refractivity contribution in [2.75, 3.05) is 49.4 Å². The monoisotopic (exact) mass is 1820 g/mol. The average Bonchev–Trinajstić information content (AvgIpc) is 0.811. The number of pyridine rings is 8. The van der Waals surface area contributed by atoms with Crippen LogP contribution in [0.1, 0.15) is 191 Å². The summed E-state index contributed by atoms with van der Waals surface area (Å²) in [6, 6.07) is 22.2. The molecule has 16 heterocycles. The predicted octanol–water partition coefficient (Wildman–Crippen LogP) is 15.4. The first-order chi connectivity index (χ1) is 52.5. The maximum Gasteiger partial charge on any atom is 0.322 e. The molecule has 0 saturated heterocycles. The van der Waals surface area contributed by atoms with E-state index in [4.69, 9.17) is 18.9 Å². The molecule has 0 spiro atoms. The SMILES string of the molecule is C.C.C.C.CCOC(=O)C1SCc2cccnc2C1O.CCOC(=O)C1SCc2ccncc2C1O.CCOC(=O)C1SCc2cnccc2C1O.CCOC(=O)C1SCc2ncccc2C1O.Cl.Cl.Cl.Cl.O=C1CSCc2cccnc21.O=C1CSCc2ccncc21.O=C1CSCc2cnccc21.O=C1CSCc2ncccc21. The number of ether oxygens (including phenoxy) is 4. The van der Waals surface area contributed by atoms with Crippen molar-refractivity contribution in [3.63, 3.8) is 0 Å². The first-order valence-electron chi connectivity index (χ1n) is 34.2. The Morgan fingerprint density at radius 3 is 1.31 bits per heavy atom. The molecule has 0 bridgehead atoms. The zero-order valence-corrected chi connectivity index (χ0v) is 70.8. The van der Waals surface area contributed by atoms with Crippen LogP contribution in [0.25, 0.3) is 0 Å². The minimum atomic E-state index is -0.867. The van der Waals surface area contributed by atoms with E-state index in [0.29, 0.717) is 83.8 Å². The fourth-order valence-electron chi connectivity index (χ4n) is 11.3. The minimum Gasteiger partial charge on any atom is -0.465 e. The molecular weight excluding hydrogens is 1730 g/mol. The van der Waals surface area contributed by atoms with E-state index in [2.05, 4.69) is 39.9 Å². The molecule has 8 unspecified atom stereocenters. The normalized spacial score (nSPS) is 19.2. The zero-order valence-electron chi connectivity index (χ0n) is 61.0. The van der Waals surface area contributed by atoms with Crippen molar-refractivity contribution in [2.45, 2.75) is 149 Å². The quantitative estimate of drug-likeness (QED) is 0.0811. The average molecular weight is 1830 g/mol. The number of aliphatic hydroxyl groups is 4. The van der Waals surface area contributed by atoms with Gasteiger partial charge in [0.15, 0.2) is 23.1 Å². The molecule has 0 radical (unpaired) electrons. The van der Waals surface area contributed by atoms with E-state index >= 15 is 0 Å². The number of rotatable bonds is 8. The number of aromatic nitrogens is 8. The summed E-state index contributed by atoms with van der Waals surface area (Å²) in [5, 5.41) is 38.1. The van der Waals surface area contributed by atoms with E-state index in [-0.39, 0.29) is 126 Å². The highest BCUT2D eigenvalue weighted by Gasteiger charge is 2.39. The summed E-state index contributed by atoms with van der Waals surface area (Å²) in [4.78, 5) is 124. The van der Waals surface area contributed by atoms with Crippen LogP contribution in [-0.4, -0.2) is 178 Å². The van der Waals surface area contributed by atoms with Gasteiger partial charge in [-0.3, -0.25) is 78.2 Å². The highest BCUT2D eigenvalue weighted by molar-refractivity contribution is 8.01. The van der Waals surface area contributed by atoms with Gasteiger partial charge in [0.1, 0.15) is 51.1 Å². The lowest BCUT2D eigenvalue weighted by molar-refractivity contribution is -0.145. The molecule has 8 aromatic heterocycles. The molecule has 36 heteroatoms. The summed E-state index contributed by atoms with van der Waals surface area (Å²) in [6.45, 7) is 8.37. The summed E-state index contributed by atoms with van der Waals surface area (Å²) in [7, 11) is 0. The zero-order chi connectivity index (χ0) is 76.9. The smallest absolute Gasteiger partial charge is 0.322 e. The maximum atomic E-state index is 11.6. The van der Waals surface area contributed by atoms with E-state index in [1.807, 2.05) is 48.5 Å². The summed E-state index contributed by atoms with van der Waals surface area (Å²) in [5.74, 6) is 8.22. The molecule has 8 atom stereocenters. The number of halogens is 4. The van der Waals surface area contributed by atoms with Crippen LogP contribution in [0.3, 0.4) is 0 Å². The number of aliphatic hydroxyl groups excluding tert-OH is 4. The van der Waals surface area contributed by atoms with Crippen molar-refractivity contribution in [1.82, 2.24) is 39.9 Å². The van der Waals surface area contributed by atoms with Gasteiger partial charge in [-0.2, -0.15) is 0 Å². The largest absolute Gasteiger partial charge is 0.465 e. The molecule has 8 aromatic rings. The first kappa shape index (κ1) is 108. The lowest BCUT2D eigenvalue weighted by Gasteiger charge is -2.27. The second-order valence-corrected chi connectivity index (χ2v) is 32.2. The van der Waals surface area contributed by atoms with E-state index < -0.39 is 45.4 Å². The van der Waals surface area contributed by atoms with Crippen LogP contribution in [0.2, 0.25) is 0 Å². The molecule has 4 N–H and O–H groups in total. The summed E-state index contributed by atoms with van der Waals surface area (Å²) in [5.41, 5.74) is 14.1. The predicted molar refractivity (Wildman–Crippen MR) is 478 cm³/mol. The van der Waals surface area contributed by atoms with Crippen molar-refractivity contribution in [3.05, 3.63) is 237 Å². The van der Waals surface area contributed by atoms with Crippen molar-refractivity contribution in [2.24, 2.45) is 0 Å². The second kappa shape index (κ2) is 56.1. The van der Waals surface area contributed by atoms with Crippen LogP contribution in [0.4, 0.5) is 0 Å². The first-order valence-corrected chi connectivity index (χ1v) is 43.0. The molecular formula is C80H100Cl4N8O16S8. The molecule has 8 aliphatic rings. The van der Waals surface area contributed by atoms with Gasteiger partial charge in [-0.15, -0.1) is 144 Å². The molecule has 0 aromatic carbocycles. The highest BCUT2D eigenvalue weighted by Crippen LogP contribution is 2.41. The lowest BCUT2D eigenvalue weighted by atomic mass is 10.0. The van der Waals surface area contributed by atoms with Gasteiger partial charge in [0.05, 0.1) is 66.5 Å². The Kier molecular flexibility index (Phi) is 52.1. The van der Waals surface area contributed by atoms with Crippen LogP contribution in [0.5, 0.6) is 0 Å². The Morgan fingerprint density at radius 1 is 0.336 bits per heavy atom. The molecule has 0 amide bonds. The van der Waals surface area contributed by atoms with Crippen LogP contribution in [0.15, 0.2) is 147 Å². The number of hydrogen-bond donors (Lipinski definition) is 4. The van der Waals surface area contributed by atoms with E-state index in [1.54, 1.807) is 173 Å². The Balaban J connectivity index is 0.000000660. The number of thioether (sulfide) groups is 8. The van der Waals surface area contributed by atoms with Gasteiger partial charge in [0.2, 0.25) is 0 Å². The Bertz CT molecular complexity index is 3900. The standard InChI is InChI=1S/4C11H13NO3S.4C8H7NOS.4CH4.4ClH/c1-2-15-11(14)10-9(13)8-3-4-12-5-7(8)6-16-10;1-2-15-11(14)10-9(13)8-5-12-4-3-7(8)6-16-10;1-2-15-11(14)10-9(13)7-4-3-5-12-8(7)6-16-10;1-2-15-11(14)10-9(13)8-7(6-16-10)4-3-5-12-8;10-8-5-11-4-6-3-9-2-1-7(6)8;10-8-5-11-4-6-1-2-9-3-7(6)8;10-8-5-11-4-7-6(8)2-1-3-9-7;10-7-5-11-4-6-2-1-3-9-8(6)7;;;;;;;;/h4*3-5,9-10,13H,2,6H2,1H3;4*1-3H,4-5H2;4*1H4;4*1H. The molecule has 0 aliphatic carbocycles.